The van der Waals surface area contributed by atoms with Crippen LogP contribution in [0.2, 0.25) is 0 Å². The predicted molar refractivity (Wildman–Crippen MR) is 85.9 cm³/mol. The van der Waals surface area contributed by atoms with Crippen molar-refractivity contribution >= 4 is 28.0 Å². The molecule has 3 aromatic rings. The normalized spacial score (nSPS) is 10.7. The van der Waals surface area contributed by atoms with E-state index in [1.54, 1.807) is 0 Å². The molecule has 3 rings (SSSR count). The first-order valence-corrected chi connectivity index (χ1v) is 6.81. The largest absolute Gasteiger partial charge is 0.391 e. The van der Waals surface area contributed by atoms with E-state index in [-0.39, 0.29) is 11.2 Å². The van der Waals surface area contributed by atoms with Crippen LogP contribution in [0, 0.1) is 0 Å². The summed E-state index contributed by atoms with van der Waals surface area (Å²) in [5.41, 5.74) is 6.69. The minimum absolute atomic E-state index is 0.132. The van der Waals surface area contributed by atoms with Gasteiger partial charge in [0.15, 0.2) is 5.82 Å². The van der Waals surface area contributed by atoms with Gasteiger partial charge in [0.2, 0.25) is 0 Å². The van der Waals surface area contributed by atoms with Crippen molar-refractivity contribution in [2.45, 2.75) is 6.92 Å². The Morgan fingerprint density at radius 1 is 1.19 bits per heavy atom. The number of nitrogen functional groups attached to an aromatic ring is 1. The monoisotopic (exact) mass is 280 g/mol. The number of fused-ring (bicyclic) bond motifs is 1. The van der Waals surface area contributed by atoms with Crippen molar-refractivity contribution in [1.82, 2.24) is 9.97 Å². The summed E-state index contributed by atoms with van der Waals surface area (Å²) >= 11 is 0. The fourth-order valence-corrected chi connectivity index (χ4v) is 2.49. The second-order valence-corrected chi connectivity index (χ2v) is 4.71. The highest BCUT2D eigenvalue weighted by atomic mass is 16.1. The molecule has 2 aromatic carbocycles. The number of nitrogens with zero attached hydrogens (tertiary/aromatic N) is 2. The number of nitrogens with one attached hydrogen (secondary N) is 1. The molecule has 0 radical (unpaired) electrons. The summed E-state index contributed by atoms with van der Waals surface area (Å²) in [6, 6.07) is 14.2. The average molecular weight is 280 g/mol. The fourth-order valence-electron chi connectivity index (χ4n) is 2.49. The smallest absolute Gasteiger partial charge is 0.276 e. The van der Waals surface area contributed by atoms with E-state index >= 15 is 0 Å². The van der Waals surface area contributed by atoms with Gasteiger partial charge in [0.25, 0.3) is 5.56 Å². The number of H-pyrrole nitrogens is 1. The van der Waals surface area contributed by atoms with Gasteiger partial charge in [0, 0.05) is 11.9 Å². The van der Waals surface area contributed by atoms with Crippen LogP contribution in [0.5, 0.6) is 0 Å². The quantitative estimate of drug-likeness (QED) is 0.773. The Kier molecular flexibility index (Phi) is 3.31. The van der Waals surface area contributed by atoms with E-state index < -0.39 is 0 Å². The SMILES string of the molecule is CCN(c1nc[nH]c(=O)c1N)c1cccc2ccccc12. The molecule has 0 spiro atoms. The maximum absolute atomic E-state index is 11.7. The first kappa shape index (κ1) is 13.2. The lowest BCUT2D eigenvalue weighted by Gasteiger charge is -2.24. The molecule has 1 heterocycles. The highest BCUT2D eigenvalue weighted by Crippen LogP contribution is 2.32. The van der Waals surface area contributed by atoms with Crippen molar-refractivity contribution < 1.29 is 0 Å². The molecular weight excluding hydrogens is 264 g/mol. The number of nitrogens with two attached hydrogens (primary N) is 1. The van der Waals surface area contributed by atoms with E-state index in [0.29, 0.717) is 12.4 Å². The Labute approximate surface area is 122 Å². The van der Waals surface area contributed by atoms with Crippen molar-refractivity contribution in [3.05, 3.63) is 59.1 Å². The zero-order chi connectivity index (χ0) is 14.8. The van der Waals surface area contributed by atoms with Crippen molar-refractivity contribution in [3.63, 3.8) is 0 Å². The van der Waals surface area contributed by atoms with Crippen LogP contribution >= 0.6 is 0 Å². The first-order valence-electron chi connectivity index (χ1n) is 6.81. The Morgan fingerprint density at radius 2 is 1.95 bits per heavy atom. The molecule has 1 aromatic heterocycles. The van der Waals surface area contributed by atoms with Gasteiger partial charge in [-0.3, -0.25) is 4.79 Å². The van der Waals surface area contributed by atoms with Crippen molar-refractivity contribution in [1.29, 1.82) is 0 Å². The molecule has 0 unspecified atom stereocenters. The second kappa shape index (κ2) is 5.28. The molecule has 0 saturated heterocycles. The molecule has 106 valence electrons. The number of aromatic nitrogens is 2. The summed E-state index contributed by atoms with van der Waals surface area (Å²) in [6.45, 7) is 2.67. The average Bonchev–Trinajstić information content (AvgIpc) is 2.52. The van der Waals surface area contributed by atoms with Gasteiger partial charge >= 0.3 is 0 Å². The molecule has 0 saturated carbocycles. The summed E-state index contributed by atoms with van der Waals surface area (Å²) in [7, 11) is 0. The van der Waals surface area contributed by atoms with Crippen LogP contribution in [0.15, 0.2) is 53.6 Å². The van der Waals surface area contributed by atoms with Crippen molar-refractivity contribution in [2.75, 3.05) is 17.2 Å². The van der Waals surface area contributed by atoms with Crippen LogP contribution in [0.1, 0.15) is 6.92 Å². The van der Waals surface area contributed by atoms with Gasteiger partial charge < -0.3 is 15.6 Å². The molecule has 0 aliphatic heterocycles. The number of hydrogen-bond acceptors (Lipinski definition) is 4. The molecular formula is C16H16N4O. The molecule has 0 bridgehead atoms. The number of rotatable bonds is 3. The Balaban J connectivity index is 2.24. The summed E-state index contributed by atoms with van der Waals surface area (Å²) < 4.78 is 0. The van der Waals surface area contributed by atoms with Crippen LogP contribution < -0.4 is 16.2 Å². The molecule has 21 heavy (non-hydrogen) atoms. The van der Waals surface area contributed by atoms with E-state index in [2.05, 4.69) is 28.2 Å². The number of anilines is 3. The van der Waals surface area contributed by atoms with Gasteiger partial charge in [-0.05, 0) is 18.4 Å². The molecule has 0 amide bonds. The predicted octanol–water partition coefficient (Wildman–Crippen LogP) is 2.66. The summed E-state index contributed by atoms with van der Waals surface area (Å²) in [4.78, 5) is 20.4. The third-order valence-electron chi connectivity index (χ3n) is 3.50. The van der Waals surface area contributed by atoms with Crippen LogP contribution in [0.4, 0.5) is 17.2 Å². The molecule has 5 heteroatoms. The Morgan fingerprint density at radius 3 is 2.76 bits per heavy atom. The van der Waals surface area contributed by atoms with Gasteiger partial charge in [-0.1, -0.05) is 36.4 Å². The van der Waals surface area contributed by atoms with E-state index in [4.69, 9.17) is 5.73 Å². The van der Waals surface area contributed by atoms with Crippen molar-refractivity contribution in [2.24, 2.45) is 0 Å². The number of benzene rings is 2. The van der Waals surface area contributed by atoms with Crippen molar-refractivity contribution in [3.8, 4) is 0 Å². The third kappa shape index (κ3) is 2.23. The topological polar surface area (TPSA) is 75.0 Å². The lowest BCUT2D eigenvalue weighted by atomic mass is 10.1. The lowest BCUT2D eigenvalue weighted by molar-refractivity contribution is 0.976. The first-order chi connectivity index (χ1) is 10.2. The molecule has 0 fully saturated rings. The molecule has 3 N–H and O–H groups in total. The summed E-state index contributed by atoms with van der Waals surface area (Å²) in [6.07, 6.45) is 1.38. The number of aromatic amines is 1. The fraction of sp³-hybridized carbons (Fsp3) is 0.125. The Hall–Kier alpha value is -2.82. The van der Waals surface area contributed by atoms with Gasteiger partial charge in [-0.15, -0.1) is 0 Å². The highest BCUT2D eigenvalue weighted by molar-refractivity contribution is 5.96. The zero-order valence-corrected chi connectivity index (χ0v) is 11.7. The lowest BCUT2D eigenvalue weighted by Crippen LogP contribution is -2.23. The summed E-state index contributed by atoms with van der Waals surface area (Å²) in [5.74, 6) is 0.484. The van der Waals surface area contributed by atoms with E-state index in [1.807, 2.05) is 36.1 Å². The number of hydrogen-bond donors (Lipinski definition) is 2. The van der Waals surface area contributed by atoms with Crippen LogP contribution in [-0.2, 0) is 0 Å². The minimum Gasteiger partial charge on any atom is -0.391 e. The van der Waals surface area contributed by atoms with Crippen LogP contribution in [0.25, 0.3) is 10.8 Å². The molecule has 5 nitrogen and oxygen atoms in total. The van der Waals surface area contributed by atoms with E-state index in [9.17, 15) is 4.79 Å². The van der Waals surface area contributed by atoms with Crippen LogP contribution in [0.3, 0.4) is 0 Å². The van der Waals surface area contributed by atoms with E-state index in [1.165, 1.54) is 6.33 Å². The van der Waals surface area contributed by atoms with E-state index in [0.717, 1.165) is 16.5 Å². The maximum atomic E-state index is 11.7. The summed E-state index contributed by atoms with van der Waals surface area (Å²) in [5, 5.41) is 2.24. The highest BCUT2D eigenvalue weighted by Gasteiger charge is 2.15. The maximum Gasteiger partial charge on any atom is 0.276 e. The molecule has 0 aliphatic rings. The Bertz CT molecular complexity index is 836. The van der Waals surface area contributed by atoms with Gasteiger partial charge in [0.05, 0.1) is 12.0 Å². The molecule has 0 aliphatic carbocycles. The minimum atomic E-state index is -0.321. The van der Waals surface area contributed by atoms with Gasteiger partial charge in [0.1, 0.15) is 5.69 Å². The standard InChI is InChI=1S/C16H16N4O/c1-2-20(15-14(17)16(21)19-10-18-15)13-9-5-7-11-6-3-4-8-12(11)13/h3-10H,2,17H2,1H3,(H,18,19,21). The zero-order valence-electron chi connectivity index (χ0n) is 11.7. The second-order valence-electron chi connectivity index (χ2n) is 4.71. The third-order valence-corrected chi connectivity index (χ3v) is 3.50. The van der Waals surface area contributed by atoms with Crippen LogP contribution in [-0.4, -0.2) is 16.5 Å². The molecule has 0 atom stereocenters. The van der Waals surface area contributed by atoms with Gasteiger partial charge in [-0.2, -0.15) is 0 Å². The van der Waals surface area contributed by atoms with Gasteiger partial charge in [-0.25, -0.2) is 4.98 Å².